The minimum atomic E-state index is -0.773. The molecule has 6 aliphatic rings. The van der Waals surface area contributed by atoms with Gasteiger partial charge in [-0.3, -0.25) is 4.79 Å². The Balaban J connectivity index is 1.44. The second kappa shape index (κ2) is 4.51. The van der Waals surface area contributed by atoms with Crippen LogP contribution < -0.4 is 5.73 Å². The first-order valence-electron chi connectivity index (χ1n) is 9.24. The number of piperidine rings is 1. The zero-order chi connectivity index (χ0) is 16.9. The summed E-state index contributed by atoms with van der Waals surface area (Å²) in [6, 6.07) is 1.46. The Kier molecular flexibility index (Phi) is 2.84. The highest BCUT2D eigenvalue weighted by molar-refractivity contribution is 5.84. The number of amides is 1. The van der Waals surface area contributed by atoms with Gasteiger partial charge in [0.05, 0.1) is 23.8 Å². The van der Waals surface area contributed by atoms with Gasteiger partial charge >= 0.3 is 0 Å². The summed E-state index contributed by atoms with van der Waals surface area (Å²) in [5, 5.41) is 30.7. The van der Waals surface area contributed by atoms with E-state index in [-0.39, 0.29) is 35.9 Å². The summed E-state index contributed by atoms with van der Waals surface area (Å²) >= 11 is 0. The van der Waals surface area contributed by atoms with Crippen LogP contribution in [0, 0.1) is 34.5 Å². The van der Waals surface area contributed by atoms with Crippen molar-refractivity contribution < 1.29 is 15.0 Å². The standard InChI is InChI=1S/C18H25N3O3/c19-7-12-1-9-2-13(9)21(12)16(23)15(20)17-3-10-5-18(24,8-17)6-11(4-17)14(10)22/h9-15,22,24H,1-6,8,20H2/t9-,10-,11+,12+,13+,14?,15-,17?,18?/m1/s1. The van der Waals surface area contributed by atoms with Crippen LogP contribution in [-0.4, -0.2) is 50.9 Å². The van der Waals surface area contributed by atoms with Crippen LogP contribution in [0.25, 0.3) is 0 Å². The van der Waals surface area contributed by atoms with Crippen molar-refractivity contribution in [3.63, 3.8) is 0 Å². The fourth-order valence-electron chi connectivity index (χ4n) is 6.82. The van der Waals surface area contributed by atoms with Gasteiger partial charge < -0.3 is 20.8 Å². The number of nitrogens with two attached hydrogens (primary N) is 1. The van der Waals surface area contributed by atoms with Crippen LogP contribution in [0.1, 0.15) is 44.9 Å². The lowest BCUT2D eigenvalue weighted by atomic mass is 9.45. The van der Waals surface area contributed by atoms with Gasteiger partial charge in [0.25, 0.3) is 0 Å². The zero-order valence-electron chi connectivity index (χ0n) is 13.8. The molecular weight excluding hydrogens is 306 g/mol. The summed E-state index contributed by atoms with van der Waals surface area (Å²) < 4.78 is 0. The van der Waals surface area contributed by atoms with Gasteiger partial charge in [0, 0.05) is 6.04 Å². The number of carbonyl (C=O) groups excluding carboxylic acids is 1. The molecule has 3 unspecified atom stereocenters. The number of aliphatic hydroxyl groups excluding tert-OH is 1. The lowest BCUT2D eigenvalue weighted by molar-refractivity contribution is -0.214. The molecule has 6 heteroatoms. The van der Waals surface area contributed by atoms with Crippen LogP contribution >= 0.6 is 0 Å². The summed E-state index contributed by atoms with van der Waals surface area (Å²) in [4.78, 5) is 14.9. The number of nitriles is 1. The van der Waals surface area contributed by atoms with E-state index < -0.39 is 17.1 Å². The van der Waals surface area contributed by atoms with E-state index in [4.69, 9.17) is 5.73 Å². The van der Waals surface area contributed by atoms with Crippen LogP contribution in [0.2, 0.25) is 0 Å². The molecule has 6 nitrogen and oxygen atoms in total. The molecule has 5 aliphatic carbocycles. The smallest absolute Gasteiger partial charge is 0.241 e. The Morgan fingerprint density at radius 3 is 2.50 bits per heavy atom. The zero-order valence-corrected chi connectivity index (χ0v) is 13.8. The van der Waals surface area contributed by atoms with E-state index in [2.05, 4.69) is 6.07 Å². The van der Waals surface area contributed by atoms with Gasteiger partial charge in [-0.25, -0.2) is 0 Å². The van der Waals surface area contributed by atoms with Gasteiger partial charge in [0.2, 0.25) is 5.91 Å². The minimum Gasteiger partial charge on any atom is -0.393 e. The maximum atomic E-state index is 13.2. The number of carbonyl (C=O) groups is 1. The molecule has 0 aromatic heterocycles. The maximum absolute atomic E-state index is 13.2. The quantitative estimate of drug-likeness (QED) is 0.666. The van der Waals surface area contributed by atoms with Crippen molar-refractivity contribution in [3.05, 3.63) is 0 Å². The van der Waals surface area contributed by atoms with Crippen LogP contribution in [0.3, 0.4) is 0 Å². The monoisotopic (exact) mass is 331 g/mol. The third-order valence-corrected chi connectivity index (χ3v) is 7.70. The van der Waals surface area contributed by atoms with Gasteiger partial charge in [-0.15, -0.1) is 0 Å². The average Bonchev–Trinajstić information content (AvgIpc) is 3.20. The second-order valence-corrected chi connectivity index (χ2v) is 9.26. The van der Waals surface area contributed by atoms with Crippen molar-refractivity contribution in [2.45, 2.75) is 74.8 Å². The van der Waals surface area contributed by atoms with Gasteiger partial charge in [-0.1, -0.05) is 0 Å². The molecular formula is C18H25N3O3. The topological polar surface area (TPSA) is 111 Å². The predicted molar refractivity (Wildman–Crippen MR) is 84.2 cm³/mol. The van der Waals surface area contributed by atoms with Crippen LogP contribution in [0.4, 0.5) is 0 Å². The number of hydrogen-bond donors (Lipinski definition) is 3. The Hall–Kier alpha value is -1.16. The Morgan fingerprint density at radius 1 is 1.21 bits per heavy atom. The summed E-state index contributed by atoms with van der Waals surface area (Å²) in [6.45, 7) is 0. The van der Waals surface area contributed by atoms with Crippen molar-refractivity contribution in [3.8, 4) is 6.07 Å². The Labute approximate surface area is 141 Å². The molecule has 9 atom stereocenters. The molecule has 0 radical (unpaired) electrons. The highest BCUT2D eigenvalue weighted by Gasteiger charge is 2.64. The van der Waals surface area contributed by atoms with E-state index in [1.54, 1.807) is 4.90 Å². The molecule has 6 rings (SSSR count). The van der Waals surface area contributed by atoms with Crippen molar-refractivity contribution in [1.82, 2.24) is 4.90 Å². The SMILES string of the molecule is N#C[C@@H]1C[C@@H]2C[C@@H]2N1C(=O)[C@@H](N)C12C[C@H]3CC(O)(C[C@@H](C1)C3O)C2. The first-order chi connectivity index (χ1) is 11.4. The molecule has 1 heterocycles. The molecule has 0 aromatic carbocycles. The Morgan fingerprint density at radius 2 is 1.88 bits per heavy atom. The van der Waals surface area contributed by atoms with E-state index in [0.29, 0.717) is 25.2 Å². The summed E-state index contributed by atoms with van der Waals surface area (Å²) in [5.74, 6) is 0.475. The first-order valence-corrected chi connectivity index (χ1v) is 9.24. The molecule has 4 N–H and O–H groups in total. The Bertz CT molecular complexity index is 628. The van der Waals surface area contributed by atoms with E-state index in [0.717, 1.165) is 25.7 Å². The number of fused-ring (bicyclic) bond motifs is 1. The van der Waals surface area contributed by atoms with Crippen LogP contribution in [0.5, 0.6) is 0 Å². The molecule has 1 amide bonds. The van der Waals surface area contributed by atoms with Crippen molar-refractivity contribution in [1.29, 1.82) is 5.26 Å². The predicted octanol–water partition coefficient (Wildman–Crippen LogP) is 0.129. The average molecular weight is 331 g/mol. The molecule has 24 heavy (non-hydrogen) atoms. The molecule has 6 fully saturated rings. The molecule has 0 spiro atoms. The molecule has 4 bridgehead atoms. The number of aliphatic hydroxyl groups is 2. The van der Waals surface area contributed by atoms with Gasteiger partial charge in [0.15, 0.2) is 0 Å². The summed E-state index contributed by atoms with van der Waals surface area (Å²) in [6.07, 6.45) is 4.67. The largest absolute Gasteiger partial charge is 0.393 e. The second-order valence-electron chi connectivity index (χ2n) is 9.26. The molecule has 5 saturated carbocycles. The molecule has 130 valence electrons. The van der Waals surface area contributed by atoms with E-state index in [9.17, 15) is 20.3 Å². The van der Waals surface area contributed by atoms with Crippen LogP contribution in [-0.2, 0) is 4.79 Å². The van der Waals surface area contributed by atoms with Gasteiger partial charge in [-0.05, 0) is 68.1 Å². The van der Waals surface area contributed by atoms with Crippen molar-refractivity contribution in [2.24, 2.45) is 28.9 Å². The first kappa shape index (κ1) is 15.1. The van der Waals surface area contributed by atoms with E-state index in [1.165, 1.54) is 0 Å². The van der Waals surface area contributed by atoms with Crippen LogP contribution in [0.15, 0.2) is 0 Å². The maximum Gasteiger partial charge on any atom is 0.241 e. The third kappa shape index (κ3) is 1.84. The van der Waals surface area contributed by atoms with Gasteiger partial charge in [0.1, 0.15) is 6.04 Å². The highest BCUT2D eigenvalue weighted by atomic mass is 16.3. The number of hydrogen-bond acceptors (Lipinski definition) is 5. The van der Waals surface area contributed by atoms with E-state index >= 15 is 0 Å². The fourth-order valence-corrected chi connectivity index (χ4v) is 6.82. The summed E-state index contributed by atoms with van der Waals surface area (Å²) in [5.41, 5.74) is 5.32. The summed E-state index contributed by atoms with van der Waals surface area (Å²) in [7, 11) is 0. The fraction of sp³-hybridized carbons (Fsp3) is 0.889. The normalized spacial score (nSPS) is 55.2. The number of likely N-dealkylation sites (tertiary alicyclic amines) is 1. The number of rotatable bonds is 2. The van der Waals surface area contributed by atoms with Crippen molar-refractivity contribution in [2.75, 3.05) is 0 Å². The molecule has 1 saturated heterocycles. The third-order valence-electron chi connectivity index (χ3n) is 7.70. The number of nitrogens with zero attached hydrogens (tertiary/aromatic N) is 2. The molecule has 0 aromatic rings. The highest BCUT2D eigenvalue weighted by Crippen LogP contribution is 2.63. The molecule has 1 aliphatic heterocycles. The van der Waals surface area contributed by atoms with Gasteiger partial charge in [-0.2, -0.15) is 5.26 Å². The lowest BCUT2D eigenvalue weighted by Crippen LogP contribution is -2.67. The lowest BCUT2D eigenvalue weighted by Gasteiger charge is -2.63. The van der Waals surface area contributed by atoms with E-state index in [1.807, 2.05) is 0 Å². The minimum absolute atomic E-state index is 0.0501. The van der Waals surface area contributed by atoms with Crippen molar-refractivity contribution >= 4 is 5.91 Å².